The molecule has 23 heavy (non-hydrogen) atoms. The molecule has 0 atom stereocenters. The first-order valence-corrected chi connectivity index (χ1v) is 7.53. The standard InChI is InChI=1S/C16H16BrNO5/c1-10-4-5-13(18(19)20)16(6-10)23-9-11-7-15(22-3)12(17)8-14(11)21-2/h4-8H,9H2,1-3H3. The number of hydrogen-bond donors (Lipinski definition) is 0. The molecule has 0 aliphatic rings. The van der Waals surface area contributed by atoms with Crippen LogP contribution in [0.2, 0.25) is 0 Å². The molecule has 2 aromatic carbocycles. The molecule has 0 saturated heterocycles. The number of ether oxygens (including phenoxy) is 3. The van der Waals surface area contributed by atoms with Crippen molar-refractivity contribution in [2.75, 3.05) is 14.2 Å². The summed E-state index contributed by atoms with van der Waals surface area (Å²) in [5.41, 5.74) is 1.54. The highest BCUT2D eigenvalue weighted by Crippen LogP contribution is 2.34. The fourth-order valence-electron chi connectivity index (χ4n) is 2.08. The number of nitro groups is 1. The lowest BCUT2D eigenvalue weighted by molar-refractivity contribution is -0.386. The van der Waals surface area contributed by atoms with Gasteiger partial charge in [-0.15, -0.1) is 0 Å². The van der Waals surface area contributed by atoms with Gasteiger partial charge in [0.1, 0.15) is 18.1 Å². The highest BCUT2D eigenvalue weighted by molar-refractivity contribution is 9.10. The van der Waals surface area contributed by atoms with E-state index in [-0.39, 0.29) is 18.0 Å². The summed E-state index contributed by atoms with van der Waals surface area (Å²) in [7, 11) is 3.11. The van der Waals surface area contributed by atoms with Crippen LogP contribution in [0.3, 0.4) is 0 Å². The Labute approximate surface area is 142 Å². The van der Waals surface area contributed by atoms with Crippen molar-refractivity contribution >= 4 is 21.6 Å². The Morgan fingerprint density at radius 1 is 1.09 bits per heavy atom. The number of aryl methyl sites for hydroxylation is 1. The van der Waals surface area contributed by atoms with Gasteiger partial charge in [-0.2, -0.15) is 0 Å². The van der Waals surface area contributed by atoms with E-state index in [9.17, 15) is 10.1 Å². The second kappa shape index (κ2) is 7.32. The highest BCUT2D eigenvalue weighted by atomic mass is 79.9. The van der Waals surface area contributed by atoms with Crippen molar-refractivity contribution < 1.29 is 19.1 Å². The zero-order chi connectivity index (χ0) is 17.0. The summed E-state index contributed by atoms with van der Waals surface area (Å²) in [6, 6.07) is 8.28. The summed E-state index contributed by atoms with van der Waals surface area (Å²) in [5, 5.41) is 11.1. The average Bonchev–Trinajstić information content (AvgIpc) is 2.53. The van der Waals surface area contributed by atoms with Gasteiger partial charge in [-0.3, -0.25) is 10.1 Å². The van der Waals surface area contributed by atoms with Gasteiger partial charge in [-0.25, -0.2) is 0 Å². The van der Waals surface area contributed by atoms with Crippen LogP contribution in [0.5, 0.6) is 17.2 Å². The second-order valence-corrected chi connectivity index (χ2v) is 5.67. The fraction of sp³-hybridized carbons (Fsp3) is 0.250. The molecule has 0 aliphatic heterocycles. The molecule has 6 nitrogen and oxygen atoms in total. The maximum atomic E-state index is 11.1. The van der Waals surface area contributed by atoms with E-state index in [0.29, 0.717) is 11.5 Å². The molecule has 0 spiro atoms. The lowest BCUT2D eigenvalue weighted by atomic mass is 10.2. The number of nitro benzene ring substituents is 1. The molecule has 7 heteroatoms. The van der Waals surface area contributed by atoms with Gasteiger partial charge >= 0.3 is 5.69 Å². The van der Waals surface area contributed by atoms with Crippen LogP contribution >= 0.6 is 15.9 Å². The van der Waals surface area contributed by atoms with Gasteiger partial charge in [0.15, 0.2) is 5.75 Å². The molecule has 0 N–H and O–H groups in total. The first-order valence-electron chi connectivity index (χ1n) is 6.74. The topological polar surface area (TPSA) is 70.8 Å². The Hall–Kier alpha value is -2.28. The molecule has 0 bridgehead atoms. The second-order valence-electron chi connectivity index (χ2n) is 4.82. The SMILES string of the molecule is COc1cc(COc2cc(C)ccc2[N+](=O)[O-])c(OC)cc1Br. The van der Waals surface area contributed by atoms with E-state index < -0.39 is 4.92 Å². The summed E-state index contributed by atoms with van der Waals surface area (Å²) in [6.07, 6.45) is 0. The third kappa shape index (κ3) is 3.92. The van der Waals surface area contributed by atoms with Crippen LogP contribution in [0.25, 0.3) is 0 Å². The van der Waals surface area contributed by atoms with E-state index in [1.165, 1.54) is 6.07 Å². The Balaban J connectivity index is 2.31. The maximum Gasteiger partial charge on any atom is 0.310 e. The number of benzene rings is 2. The van der Waals surface area contributed by atoms with E-state index in [4.69, 9.17) is 14.2 Å². The van der Waals surface area contributed by atoms with Gasteiger partial charge < -0.3 is 14.2 Å². The minimum Gasteiger partial charge on any atom is -0.496 e. The van der Waals surface area contributed by atoms with E-state index in [1.54, 1.807) is 38.5 Å². The molecule has 0 unspecified atom stereocenters. The van der Waals surface area contributed by atoms with Crippen LogP contribution in [0, 0.1) is 17.0 Å². The molecule has 0 amide bonds. The summed E-state index contributed by atoms with van der Waals surface area (Å²) in [5.74, 6) is 1.45. The first kappa shape index (κ1) is 17.1. The van der Waals surface area contributed by atoms with Crippen molar-refractivity contribution in [2.45, 2.75) is 13.5 Å². The summed E-state index contributed by atoms with van der Waals surface area (Å²) < 4.78 is 17.0. The van der Waals surface area contributed by atoms with Crippen molar-refractivity contribution in [2.24, 2.45) is 0 Å². The van der Waals surface area contributed by atoms with Gasteiger partial charge in [0.2, 0.25) is 0 Å². The smallest absolute Gasteiger partial charge is 0.310 e. The van der Waals surface area contributed by atoms with Crippen molar-refractivity contribution in [3.05, 3.63) is 56.0 Å². The first-order chi connectivity index (χ1) is 11.0. The number of methoxy groups -OCH3 is 2. The Bertz CT molecular complexity index is 733. The molecule has 0 saturated carbocycles. The number of rotatable bonds is 6. The van der Waals surface area contributed by atoms with Gasteiger partial charge in [-0.1, -0.05) is 6.07 Å². The van der Waals surface area contributed by atoms with Crippen LogP contribution in [0.15, 0.2) is 34.8 Å². The van der Waals surface area contributed by atoms with E-state index in [0.717, 1.165) is 15.6 Å². The number of halogens is 1. The molecule has 122 valence electrons. The quantitative estimate of drug-likeness (QED) is 0.552. The third-order valence-corrected chi connectivity index (χ3v) is 3.87. The number of nitrogens with zero attached hydrogens (tertiary/aromatic N) is 1. The Morgan fingerprint density at radius 3 is 2.39 bits per heavy atom. The molecule has 0 heterocycles. The highest BCUT2D eigenvalue weighted by Gasteiger charge is 2.16. The zero-order valence-corrected chi connectivity index (χ0v) is 14.5. The summed E-state index contributed by atoms with van der Waals surface area (Å²) in [4.78, 5) is 10.6. The zero-order valence-electron chi connectivity index (χ0n) is 13.0. The van der Waals surface area contributed by atoms with Crippen molar-refractivity contribution in [1.82, 2.24) is 0 Å². The molecule has 2 aromatic rings. The normalized spacial score (nSPS) is 10.3. The van der Waals surface area contributed by atoms with Crippen LogP contribution in [0.1, 0.15) is 11.1 Å². The third-order valence-electron chi connectivity index (χ3n) is 3.25. The van der Waals surface area contributed by atoms with Gasteiger partial charge in [0.25, 0.3) is 0 Å². The fourth-order valence-corrected chi connectivity index (χ4v) is 2.56. The van der Waals surface area contributed by atoms with Gasteiger partial charge in [-0.05, 0) is 46.6 Å². The van der Waals surface area contributed by atoms with Crippen molar-refractivity contribution in [1.29, 1.82) is 0 Å². The molecule has 0 aromatic heterocycles. The summed E-state index contributed by atoms with van der Waals surface area (Å²) in [6.45, 7) is 1.97. The predicted molar refractivity (Wildman–Crippen MR) is 89.4 cm³/mol. The molecule has 2 rings (SSSR count). The largest absolute Gasteiger partial charge is 0.496 e. The maximum absolute atomic E-state index is 11.1. The molecular weight excluding hydrogens is 366 g/mol. The van der Waals surface area contributed by atoms with Crippen molar-refractivity contribution in [3.8, 4) is 17.2 Å². The lowest BCUT2D eigenvalue weighted by Crippen LogP contribution is -2.02. The van der Waals surface area contributed by atoms with E-state index in [1.807, 2.05) is 6.92 Å². The lowest BCUT2D eigenvalue weighted by Gasteiger charge is -2.13. The van der Waals surface area contributed by atoms with Crippen LogP contribution < -0.4 is 14.2 Å². The number of hydrogen-bond acceptors (Lipinski definition) is 5. The molecule has 0 aliphatic carbocycles. The molecule has 0 radical (unpaired) electrons. The van der Waals surface area contributed by atoms with E-state index in [2.05, 4.69) is 15.9 Å². The molecule has 0 fully saturated rings. The van der Waals surface area contributed by atoms with Gasteiger partial charge in [0.05, 0.1) is 23.6 Å². The Morgan fingerprint density at radius 2 is 1.78 bits per heavy atom. The van der Waals surface area contributed by atoms with Crippen LogP contribution in [-0.4, -0.2) is 19.1 Å². The summed E-state index contributed by atoms with van der Waals surface area (Å²) >= 11 is 3.38. The Kier molecular flexibility index (Phi) is 5.44. The predicted octanol–water partition coefficient (Wildman–Crippen LogP) is 4.26. The average molecular weight is 382 g/mol. The minimum absolute atomic E-state index is 0.0707. The van der Waals surface area contributed by atoms with Gasteiger partial charge in [0, 0.05) is 11.6 Å². The van der Waals surface area contributed by atoms with E-state index >= 15 is 0 Å². The van der Waals surface area contributed by atoms with Crippen molar-refractivity contribution in [3.63, 3.8) is 0 Å². The van der Waals surface area contributed by atoms with Crippen LogP contribution in [-0.2, 0) is 6.61 Å². The monoisotopic (exact) mass is 381 g/mol. The minimum atomic E-state index is -0.464. The van der Waals surface area contributed by atoms with Crippen LogP contribution in [0.4, 0.5) is 5.69 Å². The molecular formula is C16H16BrNO5.